The first kappa shape index (κ1) is 16.9. The summed E-state index contributed by atoms with van der Waals surface area (Å²) >= 11 is 0. The third-order valence-corrected chi connectivity index (χ3v) is 3.45. The fourth-order valence-corrected chi connectivity index (χ4v) is 1.88. The van der Waals surface area contributed by atoms with Crippen LogP contribution in [0.5, 0.6) is 5.75 Å². The maximum atomic E-state index is 13.3. The first-order valence-corrected chi connectivity index (χ1v) is 8.47. The van der Waals surface area contributed by atoms with Gasteiger partial charge in [0.05, 0.1) is 5.75 Å². The monoisotopic (exact) mass is 303 g/mol. The molecule has 1 aromatic rings. The Labute approximate surface area is 120 Å². The molecule has 0 amide bonds. The molecule has 0 fully saturated rings. The molecule has 0 radical (unpaired) electrons. The van der Waals surface area contributed by atoms with Crippen LogP contribution >= 0.6 is 0 Å². The van der Waals surface area contributed by atoms with Crippen molar-refractivity contribution in [2.24, 2.45) is 0 Å². The Morgan fingerprint density at radius 3 is 2.50 bits per heavy atom. The van der Waals surface area contributed by atoms with Gasteiger partial charge in [0.25, 0.3) is 0 Å². The highest BCUT2D eigenvalue weighted by atomic mass is 32.2. The third kappa shape index (κ3) is 6.86. The van der Waals surface area contributed by atoms with Crippen molar-refractivity contribution in [3.63, 3.8) is 0 Å². The van der Waals surface area contributed by atoms with Crippen molar-refractivity contribution >= 4 is 9.84 Å². The Kier molecular flexibility index (Phi) is 5.53. The second-order valence-electron chi connectivity index (χ2n) is 5.83. The standard InChI is InChI=1S/C14H22FNO3S/c1-14(2,3)16-10-11-9-12(15)5-6-13(11)19-7-8-20(4,17)18/h5-6,9,16H,7-8,10H2,1-4H3. The SMILES string of the molecule is CC(C)(C)NCc1cc(F)ccc1OCCS(C)(=O)=O. The number of sulfone groups is 1. The topological polar surface area (TPSA) is 55.4 Å². The van der Waals surface area contributed by atoms with Crippen molar-refractivity contribution < 1.29 is 17.5 Å². The zero-order chi connectivity index (χ0) is 15.4. The highest BCUT2D eigenvalue weighted by Gasteiger charge is 2.12. The van der Waals surface area contributed by atoms with Gasteiger partial charge in [0.2, 0.25) is 0 Å². The van der Waals surface area contributed by atoms with E-state index in [2.05, 4.69) is 5.32 Å². The number of rotatable bonds is 6. The van der Waals surface area contributed by atoms with Gasteiger partial charge < -0.3 is 10.1 Å². The van der Waals surface area contributed by atoms with Gasteiger partial charge in [0.15, 0.2) is 9.84 Å². The summed E-state index contributed by atoms with van der Waals surface area (Å²) in [5, 5.41) is 3.25. The van der Waals surface area contributed by atoms with Crippen molar-refractivity contribution in [3.05, 3.63) is 29.6 Å². The van der Waals surface area contributed by atoms with Gasteiger partial charge in [-0.15, -0.1) is 0 Å². The molecular formula is C14H22FNO3S. The Bertz CT molecular complexity index is 550. The van der Waals surface area contributed by atoms with Crippen LogP contribution in [0.3, 0.4) is 0 Å². The molecule has 0 aliphatic heterocycles. The Morgan fingerprint density at radius 2 is 1.95 bits per heavy atom. The van der Waals surface area contributed by atoms with E-state index in [1.165, 1.54) is 18.2 Å². The highest BCUT2D eigenvalue weighted by molar-refractivity contribution is 7.90. The van der Waals surface area contributed by atoms with Crippen LogP contribution in [-0.4, -0.2) is 32.6 Å². The predicted molar refractivity (Wildman–Crippen MR) is 78.2 cm³/mol. The van der Waals surface area contributed by atoms with E-state index in [9.17, 15) is 12.8 Å². The molecule has 1 N–H and O–H groups in total. The van der Waals surface area contributed by atoms with Gasteiger partial charge >= 0.3 is 0 Å². The van der Waals surface area contributed by atoms with Gasteiger partial charge in [-0.1, -0.05) is 0 Å². The van der Waals surface area contributed by atoms with Crippen LogP contribution in [0.1, 0.15) is 26.3 Å². The molecule has 0 heterocycles. The van der Waals surface area contributed by atoms with Crippen molar-refractivity contribution in [2.75, 3.05) is 18.6 Å². The molecule has 20 heavy (non-hydrogen) atoms. The number of benzene rings is 1. The summed E-state index contributed by atoms with van der Waals surface area (Å²) in [6, 6.07) is 4.22. The molecule has 1 rings (SSSR count). The summed E-state index contributed by atoms with van der Waals surface area (Å²) in [5.41, 5.74) is 0.574. The van der Waals surface area contributed by atoms with E-state index in [1.54, 1.807) is 0 Å². The maximum Gasteiger partial charge on any atom is 0.150 e. The van der Waals surface area contributed by atoms with Gasteiger partial charge in [0.1, 0.15) is 18.2 Å². The normalized spacial score (nSPS) is 12.4. The summed E-state index contributed by atoms with van der Waals surface area (Å²) in [5.74, 6) is 0.106. The summed E-state index contributed by atoms with van der Waals surface area (Å²) in [4.78, 5) is 0. The van der Waals surface area contributed by atoms with Crippen LogP contribution in [-0.2, 0) is 16.4 Å². The largest absolute Gasteiger partial charge is 0.492 e. The molecule has 0 bridgehead atoms. The first-order valence-electron chi connectivity index (χ1n) is 6.41. The lowest BCUT2D eigenvalue weighted by atomic mass is 10.1. The third-order valence-electron chi connectivity index (χ3n) is 2.54. The Morgan fingerprint density at radius 1 is 1.30 bits per heavy atom. The molecule has 0 spiro atoms. The molecule has 0 unspecified atom stereocenters. The molecule has 0 saturated carbocycles. The van der Waals surface area contributed by atoms with Crippen LogP contribution in [0, 0.1) is 5.82 Å². The molecule has 114 valence electrons. The Hall–Kier alpha value is -1.14. The minimum Gasteiger partial charge on any atom is -0.492 e. The molecule has 1 aromatic carbocycles. The number of ether oxygens (including phenoxy) is 1. The van der Waals surface area contributed by atoms with Crippen molar-refractivity contribution in [1.29, 1.82) is 0 Å². The van der Waals surface area contributed by atoms with Crippen molar-refractivity contribution in [2.45, 2.75) is 32.9 Å². The van der Waals surface area contributed by atoms with Crippen LogP contribution in [0.4, 0.5) is 4.39 Å². The lowest BCUT2D eigenvalue weighted by molar-refractivity contribution is 0.332. The van der Waals surface area contributed by atoms with Crippen molar-refractivity contribution in [1.82, 2.24) is 5.32 Å². The van der Waals surface area contributed by atoms with E-state index in [0.29, 0.717) is 17.9 Å². The predicted octanol–water partition coefficient (Wildman–Crippen LogP) is 2.14. The van der Waals surface area contributed by atoms with E-state index < -0.39 is 9.84 Å². The highest BCUT2D eigenvalue weighted by Crippen LogP contribution is 2.20. The molecule has 0 saturated heterocycles. The number of hydrogen-bond acceptors (Lipinski definition) is 4. The average molecular weight is 303 g/mol. The lowest BCUT2D eigenvalue weighted by Gasteiger charge is -2.21. The first-order chi connectivity index (χ1) is 9.07. The van der Waals surface area contributed by atoms with E-state index >= 15 is 0 Å². The van der Waals surface area contributed by atoms with E-state index in [1.807, 2.05) is 20.8 Å². The second-order valence-corrected chi connectivity index (χ2v) is 8.09. The van der Waals surface area contributed by atoms with Gasteiger partial charge in [-0.3, -0.25) is 0 Å². The summed E-state index contributed by atoms with van der Waals surface area (Å²) in [6.45, 7) is 6.55. The number of hydrogen-bond donors (Lipinski definition) is 1. The quantitative estimate of drug-likeness (QED) is 0.875. The average Bonchev–Trinajstić information content (AvgIpc) is 2.26. The van der Waals surface area contributed by atoms with E-state index in [4.69, 9.17) is 4.74 Å². The lowest BCUT2D eigenvalue weighted by Crippen LogP contribution is -2.35. The molecule has 6 heteroatoms. The molecule has 0 aromatic heterocycles. The minimum atomic E-state index is -3.07. The van der Waals surface area contributed by atoms with Gasteiger partial charge in [-0.05, 0) is 39.0 Å². The van der Waals surface area contributed by atoms with Crippen LogP contribution < -0.4 is 10.1 Å². The van der Waals surface area contributed by atoms with Crippen LogP contribution in [0.2, 0.25) is 0 Å². The van der Waals surface area contributed by atoms with Gasteiger partial charge in [0, 0.05) is 23.9 Å². The second kappa shape index (κ2) is 6.54. The fourth-order valence-electron chi connectivity index (χ4n) is 1.49. The maximum absolute atomic E-state index is 13.3. The summed E-state index contributed by atoms with van der Waals surface area (Å²) in [6.07, 6.45) is 1.16. The van der Waals surface area contributed by atoms with Crippen LogP contribution in [0.15, 0.2) is 18.2 Å². The van der Waals surface area contributed by atoms with Crippen molar-refractivity contribution in [3.8, 4) is 5.75 Å². The number of halogens is 1. The summed E-state index contributed by atoms with van der Waals surface area (Å²) < 4.78 is 40.9. The smallest absolute Gasteiger partial charge is 0.150 e. The summed E-state index contributed by atoms with van der Waals surface area (Å²) in [7, 11) is -3.07. The molecule has 0 aliphatic rings. The zero-order valence-electron chi connectivity index (χ0n) is 12.4. The fraction of sp³-hybridized carbons (Fsp3) is 0.571. The molecule has 0 aliphatic carbocycles. The zero-order valence-corrected chi connectivity index (χ0v) is 13.2. The van der Waals surface area contributed by atoms with E-state index in [0.717, 1.165) is 6.26 Å². The van der Waals surface area contributed by atoms with Gasteiger partial charge in [-0.2, -0.15) is 0 Å². The van der Waals surface area contributed by atoms with Crippen LogP contribution in [0.25, 0.3) is 0 Å². The molecular weight excluding hydrogens is 281 g/mol. The number of nitrogens with one attached hydrogen (secondary N) is 1. The van der Waals surface area contributed by atoms with E-state index in [-0.39, 0.29) is 23.7 Å². The van der Waals surface area contributed by atoms with Gasteiger partial charge in [-0.25, -0.2) is 12.8 Å². The minimum absolute atomic E-state index is 0.0590. The Balaban J connectivity index is 2.74. The molecule has 4 nitrogen and oxygen atoms in total. The molecule has 0 atom stereocenters.